The molecule has 0 spiro atoms. The van der Waals surface area contributed by atoms with E-state index < -0.39 is 15.4 Å². The second-order valence-corrected chi connectivity index (χ2v) is 7.31. The van der Waals surface area contributed by atoms with Crippen LogP contribution in [0.2, 0.25) is 0 Å². The lowest BCUT2D eigenvalue weighted by molar-refractivity contribution is 0.0672. The van der Waals surface area contributed by atoms with E-state index in [0.29, 0.717) is 18.5 Å². The zero-order valence-electron chi connectivity index (χ0n) is 8.56. The van der Waals surface area contributed by atoms with E-state index in [1.165, 1.54) is 0 Å². The Morgan fingerprint density at radius 2 is 2.25 bits per heavy atom. The lowest BCUT2D eigenvalue weighted by Crippen LogP contribution is -2.33. The van der Waals surface area contributed by atoms with Gasteiger partial charge >= 0.3 is 0 Å². The molecule has 0 saturated carbocycles. The average Bonchev–Trinajstić information content (AvgIpc) is 2.45. The van der Waals surface area contributed by atoms with Crippen LogP contribution < -0.4 is 0 Å². The van der Waals surface area contributed by atoms with E-state index in [2.05, 4.69) is 20.9 Å². The van der Waals surface area contributed by atoms with Gasteiger partial charge in [0.15, 0.2) is 9.84 Å². The van der Waals surface area contributed by atoms with Gasteiger partial charge in [0.1, 0.15) is 0 Å². The largest absolute Gasteiger partial charge is 0.388 e. The molecule has 88 valence electrons. The second-order valence-electron chi connectivity index (χ2n) is 4.21. The van der Waals surface area contributed by atoms with Gasteiger partial charge in [-0.1, -0.05) is 0 Å². The van der Waals surface area contributed by atoms with Crippen molar-refractivity contribution in [2.75, 3.05) is 11.5 Å². The van der Waals surface area contributed by atoms with Gasteiger partial charge in [0.2, 0.25) is 0 Å². The number of aromatic nitrogens is 1. The van der Waals surface area contributed by atoms with Gasteiger partial charge in [0.05, 0.1) is 17.1 Å². The van der Waals surface area contributed by atoms with Crippen LogP contribution in [0.5, 0.6) is 0 Å². The summed E-state index contributed by atoms with van der Waals surface area (Å²) in [5.74, 6) is -0.0855. The van der Waals surface area contributed by atoms with Gasteiger partial charge in [-0.2, -0.15) is 0 Å². The number of aliphatic hydroxyl groups is 1. The summed E-state index contributed by atoms with van der Waals surface area (Å²) in [6, 6.07) is 3.61. The highest BCUT2D eigenvalue weighted by atomic mass is 79.9. The summed E-state index contributed by atoms with van der Waals surface area (Å²) < 4.78 is 23.5. The van der Waals surface area contributed by atoms with Crippen LogP contribution >= 0.6 is 15.9 Å². The van der Waals surface area contributed by atoms with E-state index in [9.17, 15) is 13.5 Å². The van der Waals surface area contributed by atoms with Gasteiger partial charge < -0.3 is 5.11 Å². The molecule has 1 aromatic rings. The van der Waals surface area contributed by atoms with Gasteiger partial charge in [-0.15, -0.1) is 0 Å². The maximum atomic E-state index is 11.3. The van der Waals surface area contributed by atoms with Crippen molar-refractivity contribution in [2.24, 2.45) is 0 Å². The molecule has 0 bridgehead atoms. The van der Waals surface area contributed by atoms with Crippen molar-refractivity contribution in [1.29, 1.82) is 0 Å². The first kappa shape index (κ1) is 12.0. The normalized spacial score (nSPS) is 28.1. The van der Waals surface area contributed by atoms with Crippen molar-refractivity contribution in [1.82, 2.24) is 4.98 Å². The maximum absolute atomic E-state index is 11.3. The molecule has 1 aliphatic heterocycles. The van der Waals surface area contributed by atoms with Crippen molar-refractivity contribution in [3.63, 3.8) is 0 Å². The Hall–Kier alpha value is -0.460. The Bertz CT molecular complexity index is 485. The topological polar surface area (TPSA) is 67.3 Å². The first-order valence-corrected chi connectivity index (χ1v) is 7.53. The molecule has 0 aromatic carbocycles. The third kappa shape index (κ3) is 2.81. The Morgan fingerprint density at radius 3 is 2.75 bits per heavy atom. The minimum Gasteiger partial charge on any atom is -0.388 e. The predicted molar refractivity (Wildman–Crippen MR) is 63.9 cm³/mol. The van der Waals surface area contributed by atoms with Gasteiger partial charge in [-0.25, -0.2) is 8.42 Å². The Labute approximate surface area is 103 Å². The van der Waals surface area contributed by atoms with Crippen LogP contribution in [0.3, 0.4) is 0 Å². The predicted octanol–water partition coefficient (Wildman–Crippen LogP) is 0.936. The zero-order valence-corrected chi connectivity index (χ0v) is 11.0. The minimum absolute atomic E-state index is 0.0695. The fourth-order valence-corrected chi connectivity index (χ4v) is 4.02. The molecule has 0 amide bonds. The number of nitrogens with zero attached hydrogens (tertiary/aromatic N) is 1. The third-order valence-electron chi connectivity index (χ3n) is 2.67. The van der Waals surface area contributed by atoms with Crippen LogP contribution in [0, 0.1) is 0 Å². The van der Waals surface area contributed by atoms with Crippen LogP contribution in [0.15, 0.2) is 22.8 Å². The van der Waals surface area contributed by atoms with E-state index in [1.807, 2.05) is 6.07 Å². The van der Waals surface area contributed by atoms with Crippen molar-refractivity contribution in [3.05, 3.63) is 28.5 Å². The first-order valence-electron chi connectivity index (χ1n) is 4.92. The molecule has 2 rings (SSSR count). The van der Waals surface area contributed by atoms with E-state index in [0.717, 1.165) is 4.47 Å². The van der Waals surface area contributed by atoms with E-state index >= 15 is 0 Å². The van der Waals surface area contributed by atoms with Crippen molar-refractivity contribution < 1.29 is 13.5 Å². The number of sulfone groups is 1. The highest BCUT2D eigenvalue weighted by molar-refractivity contribution is 9.10. The first-order chi connectivity index (χ1) is 7.39. The molecule has 0 aliphatic carbocycles. The highest BCUT2D eigenvalue weighted by Gasteiger charge is 2.40. The molecular formula is C10H12BrNO3S. The summed E-state index contributed by atoms with van der Waals surface area (Å²) in [4.78, 5) is 4.13. The molecule has 1 atom stereocenters. The van der Waals surface area contributed by atoms with Crippen molar-refractivity contribution >= 4 is 25.8 Å². The quantitative estimate of drug-likeness (QED) is 0.883. The van der Waals surface area contributed by atoms with Crippen molar-refractivity contribution in [3.8, 4) is 0 Å². The monoisotopic (exact) mass is 305 g/mol. The van der Waals surface area contributed by atoms with Crippen LogP contribution in [-0.2, 0) is 16.3 Å². The Balaban J connectivity index is 2.13. The van der Waals surface area contributed by atoms with Crippen LogP contribution in [-0.4, -0.2) is 35.6 Å². The second kappa shape index (κ2) is 4.09. The van der Waals surface area contributed by atoms with Gasteiger partial charge in [-0.3, -0.25) is 4.98 Å². The summed E-state index contributed by atoms with van der Waals surface area (Å²) in [5.41, 5.74) is -0.428. The Morgan fingerprint density at radius 1 is 1.50 bits per heavy atom. The van der Waals surface area contributed by atoms with Gasteiger partial charge in [0, 0.05) is 22.8 Å². The Kier molecular flexibility index (Phi) is 3.07. The number of hydrogen-bond donors (Lipinski definition) is 1. The summed E-state index contributed by atoms with van der Waals surface area (Å²) >= 11 is 3.27. The fraction of sp³-hybridized carbons (Fsp3) is 0.500. The molecule has 0 radical (unpaired) electrons. The lowest BCUT2D eigenvalue weighted by Gasteiger charge is -2.19. The van der Waals surface area contributed by atoms with E-state index in [-0.39, 0.29) is 11.5 Å². The number of rotatable bonds is 2. The summed E-state index contributed by atoms with van der Waals surface area (Å²) in [6.45, 7) is 0. The summed E-state index contributed by atoms with van der Waals surface area (Å²) in [5, 5.41) is 10.1. The number of pyridine rings is 1. The smallest absolute Gasteiger partial charge is 0.153 e. The zero-order chi connectivity index (χ0) is 11.8. The number of hydrogen-bond acceptors (Lipinski definition) is 4. The maximum Gasteiger partial charge on any atom is 0.153 e. The van der Waals surface area contributed by atoms with E-state index in [4.69, 9.17) is 0 Å². The van der Waals surface area contributed by atoms with Crippen LogP contribution in [0.4, 0.5) is 0 Å². The molecule has 16 heavy (non-hydrogen) atoms. The number of halogens is 1. The van der Waals surface area contributed by atoms with Crippen molar-refractivity contribution in [2.45, 2.75) is 18.4 Å². The molecule has 6 heteroatoms. The molecule has 1 fully saturated rings. The van der Waals surface area contributed by atoms with Crippen LogP contribution in [0.1, 0.15) is 12.1 Å². The standard InChI is InChI=1S/C10H12BrNO3S/c11-8-1-2-9(12-6-8)5-10(13)3-4-16(14,15)7-10/h1-2,6,13H,3-5,7H2. The molecule has 1 aromatic heterocycles. The molecular weight excluding hydrogens is 294 g/mol. The lowest BCUT2D eigenvalue weighted by atomic mass is 9.97. The molecule has 1 unspecified atom stereocenters. The highest BCUT2D eigenvalue weighted by Crippen LogP contribution is 2.26. The minimum atomic E-state index is -3.07. The molecule has 1 aliphatic rings. The van der Waals surface area contributed by atoms with Gasteiger partial charge in [0.25, 0.3) is 0 Å². The van der Waals surface area contributed by atoms with Gasteiger partial charge in [-0.05, 0) is 34.5 Å². The SMILES string of the molecule is O=S1(=O)CCC(O)(Cc2ccc(Br)cn2)C1. The summed E-state index contributed by atoms with van der Waals surface area (Å²) in [6.07, 6.45) is 2.23. The third-order valence-corrected chi connectivity index (χ3v) is 4.94. The fourth-order valence-electron chi connectivity index (χ4n) is 1.89. The summed E-state index contributed by atoms with van der Waals surface area (Å²) in [7, 11) is -3.07. The molecule has 1 N–H and O–H groups in total. The van der Waals surface area contributed by atoms with Crippen LogP contribution in [0.25, 0.3) is 0 Å². The molecule has 1 saturated heterocycles. The molecule has 2 heterocycles. The molecule has 4 nitrogen and oxygen atoms in total. The average molecular weight is 306 g/mol. The van der Waals surface area contributed by atoms with E-state index in [1.54, 1.807) is 12.3 Å².